The molecular weight excluding hydrogens is 328 g/mol. The van der Waals surface area contributed by atoms with Gasteiger partial charge in [-0.05, 0) is 35.2 Å². The van der Waals surface area contributed by atoms with Crippen molar-refractivity contribution in [3.8, 4) is 5.75 Å². The van der Waals surface area contributed by atoms with Crippen LogP contribution in [-0.4, -0.2) is 30.4 Å². The van der Waals surface area contributed by atoms with Gasteiger partial charge >= 0.3 is 0 Å². The summed E-state index contributed by atoms with van der Waals surface area (Å²) in [5, 5.41) is 2.98. The minimum atomic E-state index is -0.564. The molecule has 2 aromatic carbocycles. The Balaban J connectivity index is 1.79. The van der Waals surface area contributed by atoms with Gasteiger partial charge in [0.1, 0.15) is 11.8 Å². The summed E-state index contributed by atoms with van der Waals surface area (Å²) in [7, 11) is 1.62. The number of hydrogen-bond acceptors (Lipinski definition) is 3. The van der Waals surface area contributed by atoms with Crippen LogP contribution in [0.15, 0.2) is 48.5 Å². The van der Waals surface area contributed by atoms with Crippen LogP contribution in [-0.2, 0) is 22.6 Å². The van der Waals surface area contributed by atoms with Gasteiger partial charge in [0.25, 0.3) is 0 Å². The van der Waals surface area contributed by atoms with Gasteiger partial charge in [0.05, 0.1) is 13.5 Å². The number of nitrogens with one attached hydrogen (secondary N) is 1. The maximum absolute atomic E-state index is 13.0. The lowest BCUT2D eigenvalue weighted by atomic mass is 9.91. The van der Waals surface area contributed by atoms with Crippen molar-refractivity contribution in [3.63, 3.8) is 0 Å². The standard InChI is InChI=1S/C21H24N2O3/c1-3-12-23-19(24)13-16-6-4-5-7-18(16)20(23)21(25)22-14-15-8-10-17(26-2)11-9-15/h4-11,20H,3,12-14H2,1-2H3,(H,22,25). The van der Waals surface area contributed by atoms with E-state index in [4.69, 9.17) is 4.74 Å². The molecule has 1 unspecified atom stereocenters. The van der Waals surface area contributed by atoms with Crippen LogP contribution in [0.1, 0.15) is 36.1 Å². The Bertz CT molecular complexity index is 786. The number of hydrogen-bond donors (Lipinski definition) is 1. The third-order valence-corrected chi connectivity index (χ3v) is 4.66. The lowest BCUT2D eigenvalue weighted by Crippen LogP contribution is -2.47. The molecule has 1 atom stereocenters. The molecule has 0 saturated heterocycles. The fourth-order valence-corrected chi connectivity index (χ4v) is 3.35. The highest BCUT2D eigenvalue weighted by Gasteiger charge is 2.36. The SMILES string of the molecule is CCCN1C(=O)Cc2ccccc2C1C(=O)NCc1ccc(OC)cc1. The van der Waals surface area contributed by atoms with E-state index in [0.717, 1.165) is 28.9 Å². The van der Waals surface area contributed by atoms with Gasteiger partial charge in [-0.25, -0.2) is 0 Å². The summed E-state index contributed by atoms with van der Waals surface area (Å²) < 4.78 is 5.15. The minimum Gasteiger partial charge on any atom is -0.497 e. The van der Waals surface area contributed by atoms with E-state index in [9.17, 15) is 9.59 Å². The molecule has 0 radical (unpaired) electrons. The first-order chi connectivity index (χ1) is 12.6. The third kappa shape index (κ3) is 3.72. The van der Waals surface area contributed by atoms with Crippen molar-refractivity contribution < 1.29 is 14.3 Å². The Morgan fingerprint density at radius 3 is 2.62 bits per heavy atom. The van der Waals surface area contributed by atoms with Crippen LogP contribution < -0.4 is 10.1 Å². The molecule has 0 aromatic heterocycles. The largest absolute Gasteiger partial charge is 0.497 e. The van der Waals surface area contributed by atoms with Crippen molar-refractivity contribution in [3.05, 3.63) is 65.2 Å². The number of rotatable bonds is 6. The molecule has 2 aromatic rings. The van der Waals surface area contributed by atoms with Crippen LogP contribution in [0.4, 0.5) is 0 Å². The summed E-state index contributed by atoms with van der Waals surface area (Å²) in [6.07, 6.45) is 1.18. The van der Waals surface area contributed by atoms with Gasteiger partial charge in [-0.1, -0.05) is 43.3 Å². The quantitative estimate of drug-likeness (QED) is 0.870. The first-order valence-electron chi connectivity index (χ1n) is 8.92. The van der Waals surface area contributed by atoms with E-state index in [0.29, 0.717) is 19.5 Å². The summed E-state index contributed by atoms with van der Waals surface area (Å²) in [4.78, 5) is 27.2. The Kier molecular flexibility index (Phi) is 5.56. The van der Waals surface area contributed by atoms with E-state index < -0.39 is 6.04 Å². The second-order valence-corrected chi connectivity index (χ2v) is 6.43. The minimum absolute atomic E-state index is 0.00940. The smallest absolute Gasteiger partial charge is 0.247 e. The van der Waals surface area contributed by atoms with Gasteiger partial charge in [-0.2, -0.15) is 0 Å². The van der Waals surface area contributed by atoms with Gasteiger partial charge in [-0.15, -0.1) is 0 Å². The number of fused-ring (bicyclic) bond motifs is 1. The van der Waals surface area contributed by atoms with Crippen LogP contribution in [0.25, 0.3) is 0 Å². The summed E-state index contributed by atoms with van der Waals surface area (Å²) in [5.41, 5.74) is 2.85. The predicted octanol–water partition coefficient (Wildman–Crippen LogP) is 2.85. The second kappa shape index (κ2) is 8.04. The Morgan fingerprint density at radius 1 is 1.19 bits per heavy atom. The summed E-state index contributed by atoms with van der Waals surface area (Å²) in [5.74, 6) is 0.644. The number of benzene rings is 2. The molecule has 5 heteroatoms. The first kappa shape index (κ1) is 18.0. The second-order valence-electron chi connectivity index (χ2n) is 6.43. The molecule has 1 aliphatic rings. The van der Waals surface area contributed by atoms with Crippen LogP contribution >= 0.6 is 0 Å². The van der Waals surface area contributed by atoms with E-state index in [1.807, 2.05) is 55.5 Å². The molecule has 1 aliphatic heterocycles. The van der Waals surface area contributed by atoms with Crippen molar-refractivity contribution in [2.75, 3.05) is 13.7 Å². The molecule has 5 nitrogen and oxygen atoms in total. The van der Waals surface area contributed by atoms with Gasteiger partial charge in [0.2, 0.25) is 11.8 Å². The molecule has 136 valence electrons. The Labute approximate surface area is 154 Å². The predicted molar refractivity (Wildman–Crippen MR) is 99.7 cm³/mol. The molecule has 0 bridgehead atoms. The number of methoxy groups -OCH3 is 1. The average molecular weight is 352 g/mol. The fraction of sp³-hybridized carbons (Fsp3) is 0.333. The zero-order valence-corrected chi connectivity index (χ0v) is 15.2. The molecular formula is C21H24N2O3. The van der Waals surface area contributed by atoms with E-state index in [1.54, 1.807) is 12.0 Å². The van der Waals surface area contributed by atoms with Crippen LogP contribution in [0.3, 0.4) is 0 Å². The lowest BCUT2D eigenvalue weighted by Gasteiger charge is -2.36. The van der Waals surface area contributed by atoms with E-state index in [-0.39, 0.29) is 11.8 Å². The van der Waals surface area contributed by atoms with E-state index in [1.165, 1.54) is 0 Å². The molecule has 26 heavy (non-hydrogen) atoms. The Morgan fingerprint density at radius 2 is 1.92 bits per heavy atom. The van der Waals surface area contributed by atoms with Crippen LogP contribution in [0.2, 0.25) is 0 Å². The van der Waals surface area contributed by atoms with Crippen molar-refractivity contribution in [1.82, 2.24) is 10.2 Å². The zero-order valence-electron chi connectivity index (χ0n) is 15.2. The maximum atomic E-state index is 13.0. The van der Waals surface area contributed by atoms with E-state index in [2.05, 4.69) is 5.32 Å². The van der Waals surface area contributed by atoms with Crippen molar-refractivity contribution in [2.24, 2.45) is 0 Å². The highest BCUT2D eigenvalue weighted by molar-refractivity contribution is 5.92. The van der Waals surface area contributed by atoms with Crippen molar-refractivity contribution in [1.29, 1.82) is 0 Å². The number of ether oxygens (including phenoxy) is 1. The summed E-state index contributed by atoms with van der Waals surface area (Å²) >= 11 is 0. The molecule has 2 amide bonds. The molecule has 0 fully saturated rings. The van der Waals surface area contributed by atoms with Gasteiger partial charge in [0, 0.05) is 13.1 Å². The molecule has 0 spiro atoms. The molecule has 3 rings (SSSR count). The molecule has 0 saturated carbocycles. The number of amides is 2. The monoisotopic (exact) mass is 352 g/mol. The lowest BCUT2D eigenvalue weighted by molar-refractivity contribution is -0.141. The maximum Gasteiger partial charge on any atom is 0.247 e. The summed E-state index contributed by atoms with van der Waals surface area (Å²) in [6, 6.07) is 14.7. The van der Waals surface area contributed by atoms with Gasteiger partial charge in [-0.3, -0.25) is 9.59 Å². The average Bonchev–Trinajstić information content (AvgIpc) is 2.67. The number of carbonyl (C=O) groups excluding carboxylic acids is 2. The van der Waals surface area contributed by atoms with Crippen LogP contribution in [0, 0.1) is 0 Å². The van der Waals surface area contributed by atoms with E-state index >= 15 is 0 Å². The third-order valence-electron chi connectivity index (χ3n) is 4.66. The molecule has 1 N–H and O–H groups in total. The van der Waals surface area contributed by atoms with Crippen LogP contribution in [0.5, 0.6) is 5.75 Å². The fourth-order valence-electron chi connectivity index (χ4n) is 3.35. The zero-order chi connectivity index (χ0) is 18.5. The number of carbonyl (C=O) groups is 2. The first-order valence-corrected chi connectivity index (χ1v) is 8.92. The normalized spacial score (nSPS) is 16.2. The van der Waals surface area contributed by atoms with Crippen molar-refractivity contribution in [2.45, 2.75) is 32.4 Å². The topological polar surface area (TPSA) is 58.6 Å². The van der Waals surface area contributed by atoms with Crippen molar-refractivity contribution >= 4 is 11.8 Å². The molecule has 0 aliphatic carbocycles. The highest BCUT2D eigenvalue weighted by atomic mass is 16.5. The summed E-state index contributed by atoms with van der Waals surface area (Å²) in [6.45, 7) is 3.00. The van der Waals surface area contributed by atoms with Gasteiger partial charge in [0.15, 0.2) is 0 Å². The Hall–Kier alpha value is -2.82. The van der Waals surface area contributed by atoms with Gasteiger partial charge < -0.3 is 15.0 Å². The molecule has 1 heterocycles. The number of nitrogens with zero attached hydrogens (tertiary/aromatic N) is 1. The highest BCUT2D eigenvalue weighted by Crippen LogP contribution is 2.30.